The average Bonchev–Trinajstić information content (AvgIpc) is 2.55. The number of nitrogens with one attached hydrogen (secondary N) is 1. The lowest BCUT2D eigenvalue weighted by molar-refractivity contribution is 0.266. The molecule has 0 atom stereocenters. The third-order valence-corrected chi connectivity index (χ3v) is 4.15. The zero-order chi connectivity index (χ0) is 16.4. The number of hydrogen-bond acceptors (Lipinski definition) is 6. The van der Waals surface area contributed by atoms with Crippen LogP contribution in [0.15, 0.2) is 47.4 Å². The zero-order valence-electron chi connectivity index (χ0n) is 12.4. The van der Waals surface area contributed by atoms with Gasteiger partial charge < -0.3 is 15.5 Å². The van der Waals surface area contributed by atoms with Crippen molar-refractivity contribution < 1.29 is 22.8 Å². The van der Waals surface area contributed by atoms with Crippen molar-refractivity contribution in [1.29, 1.82) is 0 Å². The Balaban J connectivity index is 0.000000295. The van der Waals surface area contributed by atoms with Gasteiger partial charge in [0.25, 0.3) is 10.1 Å². The van der Waals surface area contributed by atoms with Crippen molar-refractivity contribution in [3.8, 4) is 0 Å². The van der Waals surface area contributed by atoms with Gasteiger partial charge in [-0.05, 0) is 11.5 Å². The minimum absolute atomic E-state index is 0.139. The second-order valence-corrected chi connectivity index (χ2v) is 5.98. The number of aliphatic hydroxyl groups is 2. The molecule has 0 saturated heterocycles. The maximum atomic E-state index is 11.6. The number of rotatable bonds is 6. The third-order valence-electron chi connectivity index (χ3n) is 2.82. The summed E-state index contributed by atoms with van der Waals surface area (Å²) < 4.78 is 27.7. The van der Waals surface area contributed by atoms with Crippen LogP contribution in [0.5, 0.6) is 0 Å². The molecule has 0 aliphatic carbocycles. The Hall–Kier alpha value is -1.51. The first kappa shape index (κ1) is 18.5. The lowest BCUT2D eigenvalue weighted by Gasteiger charge is -2.05. The molecule has 0 aliphatic rings. The highest BCUT2D eigenvalue weighted by molar-refractivity contribution is 7.87. The van der Waals surface area contributed by atoms with E-state index >= 15 is 0 Å². The first-order chi connectivity index (χ1) is 10.6. The highest BCUT2D eigenvalue weighted by atomic mass is 32.2. The molecule has 0 spiro atoms. The van der Waals surface area contributed by atoms with Crippen LogP contribution in [-0.4, -0.2) is 52.0 Å². The van der Waals surface area contributed by atoms with Gasteiger partial charge in [-0.25, -0.2) is 0 Å². The summed E-state index contributed by atoms with van der Waals surface area (Å²) in [5, 5.41) is 20.6. The van der Waals surface area contributed by atoms with Crippen LogP contribution in [0.3, 0.4) is 0 Å². The van der Waals surface area contributed by atoms with Crippen LogP contribution in [-0.2, 0) is 14.3 Å². The summed E-state index contributed by atoms with van der Waals surface area (Å²) in [6.45, 7) is 1.42. The SMILES string of the molecule is COS(=O)(=O)c1cccc2ccccc12.OCCNCCO. The Bertz CT molecular complexity index is 663. The first-order valence-electron chi connectivity index (χ1n) is 6.77. The van der Waals surface area contributed by atoms with Gasteiger partial charge in [0.15, 0.2) is 0 Å². The quantitative estimate of drug-likeness (QED) is 0.535. The number of fused-ring (bicyclic) bond motifs is 1. The molecular formula is C15H21NO5S. The van der Waals surface area contributed by atoms with Crippen molar-refractivity contribution in [2.45, 2.75) is 4.90 Å². The Kier molecular flexibility index (Phi) is 8.00. The van der Waals surface area contributed by atoms with Crippen LogP contribution in [0.1, 0.15) is 0 Å². The Labute approximate surface area is 130 Å². The highest BCUT2D eigenvalue weighted by Gasteiger charge is 2.15. The second kappa shape index (κ2) is 9.50. The van der Waals surface area contributed by atoms with Gasteiger partial charge in [0.05, 0.1) is 20.3 Å². The monoisotopic (exact) mass is 327 g/mol. The largest absolute Gasteiger partial charge is 0.395 e. The van der Waals surface area contributed by atoms with Crippen LogP contribution in [0.25, 0.3) is 10.8 Å². The normalized spacial score (nSPS) is 11.0. The van der Waals surface area contributed by atoms with E-state index in [1.54, 1.807) is 24.3 Å². The topological polar surface area (TPSA) is 95.9 Å². The molecule has 2 aromatic carbocycles. The van der Waals surface area contributed by atoms with E-state index in [0.717, 1.165) is 12.5 Å². The third kappa shape index (κ3) is 5.36. The van der Waals surface area contributed by atoms with Crippen molar-refractivity contribution in [2.24, 2.45) is 0 Å². The molecule has 0 saturated carbocycles. The van der Waals surface area contributed by atoms with Gasteiger partial charge in [-0.15, -0.1) is 0 Å². The lowest BCUT2D eigenvalue weighted by atomic mass is 10.1. The van der Waals surface area contributed by atoms with Crippen molar-refractivity contribution in [3.63, 3.8) is 0 Å². The van der Waals surface area contributed by atoms with E-state index in [4.69, 9.17) is 10.2 Å². The number of benzene rings is 2. The minimum Gasteiger partial charge on any atom is -0.395 e. The van der Waals surface area contributed by atoms with Gasteiger partial charge >= 0.3 is 0 Å². The van der Waals surface area contributed by atoms with Gasteiger partial charge in [0, 0.05) is 18.5 Å². The molecule has 7 heteroatoms. The molecule has 0 bridgehead atoms. The van der Waals surface area contributed by atoms with Gasteiger partial charge in [-0.2, -0.15) is 8.42 Å². The molecule has 0 fully saturated rings. The van der Waals surface area contributed by atoms with Gasteiger partial charge in [0.2, 0.25) is 0 Å². The van der Waals surface area contributed by atoms with Crippen LogP contribution < -0.4 is 5.32 Å². The van der Waals surface area contributed by atoms with Gasteiger partial charge in [-0.3, -0.25) is 4.18 Å². The van der Waals surface area contributed by atoms with Crippen LogP contribution in [0.2, 0.25) is 0 Å². The van der Waals surface area contributed by atoms with E-state index < -0.39 is 10.1 Å². The highest BCUT2D eigenvalue weighted by Crippen LogP contribution is 2.23. The minimum atomic E-state index is -3.62. The maximum Gasteiger partial charge on any atom is 0.297 e. The second-order valence-electron chi connectivity index (χ2n) is 4.30. The molecule has 22 heavy (non-hydrogen) atoms. The summed E-state index contributed by atoms with van der Waals surface area (Å²) >= 11 is 0. The molecule has 0 aromatic heterocycles. The van der Waals surface area contributed by atoms with Crippen LogP contribution in [0.4, 0.5) is 0 Å². The summed E-state index contributed by atoms with van der Waals surface area (Å²) in [6, 6.07) is 12.4. The van der Waals surface area contributed by atoms with E-state index in [2.05, 4.69) is 9.50 Å². The Morgan fingerprint density at radius 2 is 1.59 bits per heavy atom. The summed E-state index contributed by atoms with van der Waals surface area (Å²) in [4.78, 5) is 0.211. The summed E-state index contributed by atoms with van der Waals surface area (Å²) in [7, 11) is -2.46. The molecule has 0 radical (unpaired) electrons. The fraction of sp³-hybridized carbons (Fsp3) is 0.333. The Morgan fingerprint density at radius 1 is 1.00 bits per heavy atom. The molecule has 0 amide bonds. The van der Waals surface area contributed by atoms with Crippen molar-refractivity contribution in [3.05, 3.63) is 42.5 Å². The van der Waals surface area contributed by atoms with Gasteiger partial charge in [-0.1, -0.05) is 36.4 Å². The first-order valence-corrected chi connectivity index (χ1v) is 8.18. The fourth-order valence-corrected chi connectivity index (χ4v) is 2.67. The van der Waals surface area contributed by atoms with E-state index in [-0.39, 0.29) is 18.1 Å². The molecule has 6 nitrogen and oxygen atoms in total. The van der Waals surface area contributed by atoms with Gasteiger partial charge in [0.1, 0.15) is 4.90 Å². The van der Waals surface area contributed by atoms with Crippen LogP contribution in [0, 0.1) is 0 Å². The lowest BCUT2D eigenvalue weighted by Crippen LogP contribution is -2.21. The maximum absolute atomic E-state index is 11.6. The van der Waals surface area contributed by atoms with Crippen molar-refractivity contribution >= 4 is 20.9 Å². The van der Waals surface area contributed by atoms with E-state index in [0.29, 0.717) is 18.5 Å². The molecule has 0 heterocycles. The zero-order valence-corrected chi connectivity index (χ0v) is 13.2. The molecule has 3 N–H and O–H groups in total. The van der Waals surface area contributed by atoms with E-state index in [9.17, 15) is 8.42 Å². The van der Waals surface area contributed by atoms with E-state index in [1.165, 1.54) is 0 Å². The van der Waals surface area contributed by atoms with Crippen molar-refractivity contribution in [1.82, 2.24) is 5.32 Å². The number of hydrogen-bond donors (Lipinski definition) is 3. The predicted molar refractivity (Wildman–Crippen MR) is 85.2 cm³/mol. The summed E-state index contributed by atoms with van der Waals surface area (Å²) in [5.41, 5.74) is 0. The predicted octanol–water partition coefficient (Wildman–Crippen LogP) is 0.736. The Morgan fingerprint density at radius 3 is 2.18 bits per heavy atom. The molecule has 2 aromatic rings. The molecule has 122 valence electrons. The molecule has 0 unspecified atom stereocenters. The molecule has 0 aliphatic heterocycles. The standard InChI is InChI=1S/C11H10O3S.C4H11NO2/c1-14-15(12,13)11-8-4-6-9-5-2-3-7-10(9)11;6-3-1-5-2-4-7/h2-8H,1H3;5-7H,1-4H2. The summed E-state index contributed by atoms with van der Waals surface area (Å²) in [5.74, 6) is 0. The average molecular weight is 327 g/mol. The van der Waals surface area contributed by atoms with Crippen molar-refractivity contribution in [2.75, 3.05) is 33.4 Å². The molecule has 2 rings (SSSR count). The smallest absolute Gasteiger partial charge is 0.297 e. The number of aliphatic hydroxyl groups excluding tert-OH is 2. The van der Waals surface area contributed by atoms with Crippen LogP contribution >= 0.6 is 0 Å². The molecular weight excluding hydrogens is 306 g/mol. The van der Waals surface area contributed by atoms with E-state index in [1.807, 2.05) is 18.2 Å². The summed E-state index contributed by atoms with van der Waals surface area (Å²) in [6.07, 6.45) is 0. The fourth-order valence-electron chi connectivity index (χ4n) is 1.79.